The molecule has 23 rings (SSSR count). The van der Waals surface area contributed by atoms with Crippen LogP contribution in [0.4, 0.5) is 17.1 Å². The predicted octanol–water partition coefficient (Wildman–Crippen LogP) is 31.3. The van der Waals surface area contributed by atoms with Crippen molar-refractivity contribution in [3.63, 3.8) is 0 Å². The molecule has 17 aromatic carbocycles. The summed E-state index contributed by atoms with van der Waals surface area (Å²) in [5.74, 6) is 0. The van der Waals surface area contributed by atoms with Crippen LogP contribution in [0.3, 0.4) is 0 Å². The van der Waals surface area contributed by atoms with Crippen LogP contribution in [-0.2, 0) is 0 Å². The number of hydrogen-bond acceptors (Lipinski definition) is 7. The van der Waals surface area contributed by atoms with Gasteiger partial charge < -0.3 is 4.90 Å². The summed E-state index contributed by atoms with van der Waals surface area (Å²) in [6, 6.07) is 147. The lowest BCUT2D eigenvalue weighted by atomic mass is 9.95. The minimum atomic E-state index is 1.00. The van der Waals surface area contributed by atoms with Crippen molar-refractivity contribution in [1.29, 1.82) is 0 Å². The first kappa shape index (κ1) is 68.0. The maximum Gasteiger partial charge on any atom is 0.125 e. The molecule has 0 bridgehead atoms. The minimum Gasteiger partial charge on any atom is -0.310 e. The van der Waals surface area contributed by atoms with Crippen molar-refractivity contribution in [2.75, 3.05) is 4.90 Å². The lowest BCUT2D eigenvalue weighted by Gasteiger charge is -2.26. The lowest BCUT2D eigenvalue weighted by molar-refractivity contribution is 1.28. The largest absolute Gasteiger partial charge is 0.310 e. The number of benzene rings is 17. The average Bonchev–Trinajstić information content (AvgIpc) is 1.62. The summed E-state index contributed by atoms with van der Waals surface area (Å²) < 4.78 is 3.83. The van der Waals surface area contributed by atoms with Crippen LogP contribution in [-0.4, -0.2) is 15.0 Å². The van der Waals surface area contributed by atoms with Crippen LogP contribution in [0.15, 0.2) is 413 Å². The Morgan fingerprint density at radius 2 is 0.491 bits per heavy atom. The van der Waals surface area contributed by atoms with Gasteiger partial charge >= 0.3 is 0 Å². The fraction of sp³-hybridized carbons (Fsp3) is 0. The molecular formula is C107H68N4S3. The Bertz CT molecular complexity index is 7520. The topological polar surface area (TPSA) is 41.9 Å². The molecule has 6 aromatic heterocycles. The van der Waals surface area contributed by atoms with Gasteiger partial charge in [-0.3, -0.25) is 0 Å². The molecule has 0 N–H and O–H groups in total. The molecule has 0 saturated heterocycles. The molecule has 0 radical (unpaired) electrons. The fourth-order valence-corrected chi connectivity index (χ4v) is 19.9. The molecule has 6 heterocycles. The summed E-state index contributed by atoms with van der Waals surface area (Å²) in [7, 11) is 0. The summed E-state index contributed by atoms with van der Waals surface area (Å²) in [5.41, 5.74) is 19.5. The predicted molar refractivity (Wildman–Crippen MR) is 492 cm³/mol. The van der Waals surface area contributed by atoms with Crippen LogP contribution in [0.2, 0.25) is 0 Å². The zero-order valence-corrected chi connectivity index (χ0v) is 64.2. The first-order chi connectivity index (χ1) is 56.5. The summed E-state index contributed by atoms with van der Waals surface area (Å²) in [4.78, 5) is 21.4. The molecular weight excluding hydrogens is 1440 g/mol. The van der Waals surface area contributed by atoms with Crippen LogP contribution < -0.4 is 4.90 Å². The van der Waals surface area contributed by atoms with E-state index in [1.807, 2.05) is 0 Å². The summed E-state index contributed by atoms with van der Waals surface area (Å²) >= 11 is 5.32. The van der Waals surface area contributed by atoms with Gasteiger partial charge in [-0.1, -0.05) is 340 Å². The molecule has 0 unspecified atom stereocenters. The Balaban J connectivity index is 0.000000110. The van der Waals surface area contributed by atoms with E-state index in [0.717, 1.165) is 70.7 Å². The highest BCUT2D eigenvalue weighted by Crippen LogP contribution is 2.47. The third-order valence-electron chi connectivity index (χ3n) is 22.0. The fourth-order valence-electron chi connectivity index (χ4n) is 16.6. The normalized spacial score (nSPS) is 11.5. The van der Waals surface area contributed by atoms with Crippen molar-refractivity contribution in [3.05, 3.63) is 413 Å². The molecule has 0 saturated carbocycles. The van der Waals surface area contributed by atoms with Crippen molar-refractivity contribution < 1.29 is 0 Å². The van der Waals surface area contributed by atoms with E-state index in [9.17, 15) is 0 Å². The van der Waals surface area contributed by atoms with E-state index in [1.54, 1.807) is 34.0 Å². The van der Waals surface area contributed by atoms with Gasteiger partial charge in [-0.15, -0.1) is 34.0 Å². The van der Waals surface area contributed by atoms with Gasteiger partial charge in [0, 0.05) is 96.3 Å². The van der Waals surface area contributed by atoms with Gasteiger partial charge in [0.2, 0.25) is 0 Å². The molecule has 0 aliphatic carbocycles. The van der Waals surface area contributed by atoms with E-state index in [4.69, 9.17) is 15.0 Å². The van der Waals surface area contributed by atoms with Gasteiger partial charge in [-0.2, -0.15) is 0 Å². The number of nitrogens with zero attached hydrogens (tertiary/aromatic N) is 4. The SMILES string of the molecule is c1cc(-c2ccc3ccccc3c2)cc(-c2nc3sc4ccccc4c3c3ccccc23)c1.c1cc(-c2cccc3ccccc23)cc(-c2nc3sc4ccccc4c3c3ccccc23)c1.c1ccc(-c2ccc(N(c3ccc(-c4ccccc4)cc3)c3cccc(-c4nc5sc6ccccc6c5c5ccccc45)c3)cc2)cc1. The van der Waals surface area contributed by atoms with Crippen LogP contribution in [0.5, 0.6) is 0 Å². The zero-order chi connectivity index (χ0) is 75.4. The number of rotatable bonds is 10. The van der Waals surface area contributed by atoms with Crippen LogP contribution in [0.1, 0.15) is 0 Å². The lowest BCUT2D eigenvalue weighted by Crippen LogP contribution is -2.10. The number of pyridine rings is 3. The maximum atomic E-state index is 5.35. The molecule has 0 amide bonds. The van der Waals surface area contributed by atoms with Crippen molar-refractivity contribution in [2.45, 2.75) is 0 Å². The van der Waals surface area contributed by atoms with Gasteiger partial charge in [0.25, 0.3) is 0 Å². The summed E-state index contributed by atoms with van der Waals surface area (Å²) in [6.07, 6.45) is 0. The van der Waals surface area contributed by atoms with E-state index >= 15 is 0 Å². The first-order valence-corrected chi connectivity index (χ1v) is 41.0. The number of fused-ring (bicyclic) bond motifs is 17. The second-order valence-corrected chi connectivity index (χ2v) is 31.9. The Morgan fingerprint density at radius 1 is 0.175 bits per heavy atom. The maximum absolute atomic E-state index is 5.35. The van der Waals surface area contributed by atoms with Gasteiger partial charge in [0.15, 0.2) is 0 Å². The monoisotopic (exact) mass is 1500 g/mol. The molecule has 0 fully saturated rings. The molecule has 114 heavy (non-hydrogen) atoms. The Hall–Kier alpha value is -14.1. The average molecular weight is 1510 g/mol. The smallest absolute Gasteiger partial charge is 0.125 e. The molecule has 0 atom stereocenters. The first-order valence-electron chi connectivity index (χ1n) is 38.5. The van der Waals surface area contributed by atoms with Crippen LogP contribution in [0.25, 0.3) is 193 Å². The second kappa shape index (κ2) is 29.3. The highest BCUT2D eigenvalue weighted by atomic mass is 32.1. The Morgan fingerprint density at radius 3 is 0.974 bits per heavy atom. The molecule has 4 nitrogen and oxygen atoms in total. The van der Waals surface area contributed by atoms with E-state index in [1.165, 1.54) is 139 Å². The molecule has 0 spiro atoms. The minimum absolute atomic E-state index is 1.00. The molecule has 7 heteroatoms. The van der Waals surface area contributed by atoms with Gasteiger partial charge in [-0.05, 0) is 155 Å². The third-order valence-corrected chi connectivity index (χ3v) is 25.2. The standard InChI is InChI=1S/C45H30N2S.2C31H19NS/c1-3-12-31(13-4-1)33-22-26-36(27-23-33)47(37-28-24-34(25-29-37)32-14-5-2-6-15-32)38-17-11-16-35(30-38)44-40-19-8-7-18-39(40)43-41-20-9-10-21-42(41)48-45(43)46-44;1-2-13-23-20(9-1)10-8-17-24(23)21-11-7-12-22(19-21)30-26-15-4-3-14-25(26)29-27-16-5-6-18-28(27)33-31(29)32-30;1-2-9-21-18-23(17-16-20(21)8-1)22-10-7-11-24(19-22)30-26-13-4-3-12-25(26)29-27-14-5-6-15-28(27)33-31(29)32-30/h1-30H;2*1-19H. The summed E-state index contributed by atoms with van der Waals surface area (Å²) in [5, 5.41) is 20.0. The molecule has 0 aliphatic heterocycles. The van der Waals surface area contributed by atoms with Crippen molar-refractivity contribution in [3.8, 4) is 78.3 Å². The van der Waals surface area contributed by atoms with E-state index in [2.05, 4.69) is 417 Å². The third kappa shape index (κ3) is 12.5. The quantitative estimate of drug-likeness (QED) is 0.137. The Kier molecular flexibility index (Phi) is 17.5. The Labute approximate surface area is 671 Å². The van der Waals surface area contributed by atoms with E-state index < -0.39 is 0 Å². The number of aromatic nitrogens is 3. The van der Waals surface area contributed by atoms with Crippen molar-refractivity contribution in [2.24, 2.45) is 0 Å². The van der Waals surface area contributed by atoms with E-state index in [-0.39, 0.29) is 0 Å². The van der Waals surface area contributed by atoms with Crippen molar-refractivity contribution in [1.82, 2.24) is 15.0 Å². The van der Waals surface area contributed by atoms with E-state index in [0.29, 0.717) is 0 Å². The highest BCUT2D eigenvalue weighted by molar-refractivity contribution is 7.26. The summed E-state index contributed by atoms with van der Waals surface area (Å²) in [6.45, 7) is 0. The zero-order valence-electron chi connectivity index (χ0n) is 61.8. The van der Waals surface area contributed by atoms with Crippen molar-refractivity contribution >= 4 is 166 Å². The highest BCUT2D eigenvalue weighted by Gasteiger charge is 2.22. The second-order valence-electron chi connectivity index (χ2n) is 28.8. The van der Waals surface area contributed by atoms with Gasteiger partial charge in [0.1, 0.15) is 14.5 Å². The van der Waals surface area contributed by atoms with Crippen LogP contribution in [0, 0.1) is 0 Å². The molecule has 0 aliphatic rings. The number of anilines is 3. The number of thiophene rings is 3. The van der Waals surface area contributed by atoms with Gasteiger partial charge in [-0.25, -0.2) is 15.0 Å². The molecule has 23 aromatic rings. The van der Waals surface area contributed by atoms with Gasteiger partial charge in [0.05, 0.1) is 17.1 Å². The van der Waals surface area contributed by atoms with Crippen LogP contribution >= 0.6 is 34.0 Å². The number of hydrogen-bond donors (Lipinski definition) is 0. The molecule has 534 valence electrons.